The van der Waals surface area contributed by atoms with Crippen LogP contribution in [0.25, 0.3) is 11.2 Å². The third kappa shape index (κ3) is 4.23. The Bertz CT molecular complexity index is 1510. The Morgan fingerprint density at radius 2 is 2.00 bits per heavy atom. The largest absolute Gasteiger partial charge is 0.480 e. The van der Waals surface area contributed by atoms with Gasteiger partial charge in [0.1, 0.15) is 33.9 Å². The summed E-state index contributed by atoms with van der Waals surface area (Å²) in [7, 11) is 0. The first-order valence-electron chi connectivity index (χ1n) is 10.6. The van der Waals surface area contributed by atoms with Crippen molar-refractivity contribution in [3.05, 3.63) is 70.1 Å². The fourth-order valence-electron chi connectivity index (χ4n) is 3.60. The zero-order chi connectivity index (χ0) is 24.6. The second kappa shape index (κ2) is 8.67. The molecule has 1 fully saturated rings. The molecular weight excluding hydrogens is 470 g/mol. The van der Waals surface area contributed by atoms with Crippen molar-refractivity contribution in [2.75, 3.05) is 5.32 Å². The van der Waals surface area contributed by atoms with E-state index in [9.17, 15) is 20.0 Å². The highest BCUT2D eigenvalue weighted by molar-refractivity contribution is 7.07. The summed E-state index contributed by atoms with van der Waals surface area (Å²) in [5.41, 5.74) is 0.208. The molecule has 1 saturated carbocycles. The number of ether oxygens (including phenoxy) is 1. The highest BCUT2D eigenvalue weighted by atomic mass is 32.1. The van der Waals surface area contributed by atoms with Crippen LogP contribution in [0.5, 0.6) is 0 Å². The number of benzene rings is 1. The third-order valence-electron chi connectivity index (χ3n) is 5.72. The predicted octanol–water partition coefficient (Wildman–Crippen LogP) is 5.18. The minimum Gasteiger partial charge on any atom is -0.480 e. The molecule has 5 rings (SSSR count). The maximum atomic E-state index is 12.5. The van der Waals surface area contributed by atoms with Crippen LogP contribution in [-0.2, 0) is 14.9 Å². The molecule has 1 aliphatic carbocycles. The van der Waals surface area contributed by atoms with Gasteiger partial charge in [-0.3, -0.25) is 10.1 Å². The number of aliphatic carboxylic acids is 1. The molecule has 1 aromatic carbocycles. The van der Waals surface area contributed by atoms with Crippen molar-refractivity contribution in [2.45, 2.75) is 31.3 Å². The van der Waals surface area contributed by atoms with Crippen LogP contribution in [0.2, 0.25) is 0 Å². The van der Waals surface area contributed by atoms with Crippen LogP contribution in [0.1, 0.15) is 53.5 Å². The lowest BCUT2D eigenvalue weighted by molar-refractivity contribution is -0.140. The van der Waals surface area contributed by atoms with Gasteiger partial charge >= 0.3 is 12.1 Å². The van der Waals surface area contributed by atoms with E-state index in [1.165, 1.54) is 0 Å². The molecule has 0 spiro atoms. The van der Waals surface area contributed by atoms with Gasteiger partial charge in [0.15, 0.2) is 11.5 Å². The molecule has 0 bridgehead atoms. The summed E-state index contributed by atoms with van der Waals surface area (Å²) < 4.78 is 20.8. The van der Waals surface area contributed by atoms with Gasteiger partial charge in [-0.1, -0.05) is 30.3 Å². The summed E-state index contributed by atoms with van der Waals surface area (Å²) in [6.07, 6.45) is -0.185. The first kappa shape index (κ1) is 22.3. The molecule has 3 aromatic heterocycles. The fraction of sp³-hybridized carbons (Fsp3) is 0.200. The summed E-state index contributed by atoms with van der Waals surface area (Å²) in [5.74, 6) is 5.50. The average molecular weight is 487 g/mol. The van der Waals surface area contributed by atoms with Crippen LogP contribution in [0.15, 0.2) is 51.3 Å². The van der Waals surface area contributed by atoms with Gasteiger partial charge in [-0.2, -0.15) is 9.64 Å². The molecule has 2 N–H and O–H groups in total. The minimum atomic E-state index is -0.963. The zero-order valence-electron chi connectivity index (χ0n) is 18.3. The lowest BCUT2D eigenvalue weighted by Gasteiger charge is -2.13. The van der Waals surface area contributed by atoms with Gasteiger partial charge in [0.2, 0.25) is 0 Å². The number of anilines is 1. The molecule has 4 aromatic rings. The number of nitrogens with one attached hydrogen (secondary N) is 1. The molecule has 0 radical (unpaired) electrons. The number of hydrogen-bond acceptors (Lipinski definition) is 8. The van der Waals surface area contributed by atoms with Gasteiger partial charge in [0, 0.05) is 6.07 Å². The van der Waals surface area contributed by atoms with E-state index in [1.807, 2.05) is 36.4 Å². The van der Waals surface area contributed by atoms with Crippen molar-refractivity contribution in [3.63, 3.8) is 0 Å². The van der Waals surface area contributed by atoms with Gasteiger partial charge in [-0.15, -0.1) is 0 Å². The van der Waals surface area contributed by atoms with E-state index in [1.54, 1.807) is 19.1 Å². The number of nitriles is 1. The molecular formula is C25H17N3O6S. The normalized spacial score (nSPS) is 14.4. The van der Waals surface area contributed by atoms with Crippen LogP contribution >= 0.6 is 11.5 Å². The number of furan rings is 2. The number of amides is 1. The lowest BCUT2D eigenvalue weighted by Crippen LogP contribution is -2.18. The minimum absolute atomic E-state index is 0.157. The second-order valence-electron chi connectivity index (χ2n) is 8.03. The first-order chi connectivity index (χ1) is 16.9. The topological polar surface area (TPSA) is 139 Å². The number of hydrogen-bond donors (Lipinski definition) is 2. The number of carboxylic acids is 1. The monoisotopic (exact) mass is 487 g/mol. The maximum absolute atomic E-state index is 12.5. The van der Waals surface area contributed by atoms with Gasteiger partial charge in [0.25, 0.3) is 5.78 Å². The van der Waals surface area contributed by atoms with E-state index in [0.29, 0.717) is 24.0 Å². The van der Waals surface area contributed by atoms with E-state index in [4.69, 9.17) is 13.6 Å². The maximum Gasteiger partial charge on any atom is 0.412 e. The highest BCUT2D eigenvalue weighted by Gasteiger charge is 2.54. The molecule has 9 nitrogen and oxygen atoms in total. The van der Waals surface area contributed by atoms with Crippen molar-refractivity contribution >= 4 is 40.4 Å². The number of rotatable bonds is 5. The molecule has 0 aliphatic heterocycles. The number of carboxylic acid groups (broad SMARTS) is 1. The first-order valence-corrected chi connectivity index (χ1v) is 11.4. The third-order valence-corrected chi connectivity index (χ3v) is 6.47. The molecule has 1 aliphatic rings. The molecule has 3 heterocycles. The van der Waals surface area contributed by atoms with Crippen LogP contribution in [-0.4, -0.2) is 21.5 Å². The van der Waals surface area contributed by atoms with Crippen molar-refractivity contribution < 1.29 is 28.3 Å². The van der Waals surface area contributed by atoms with E-state index in [2.05, 4.69) is 21.5 Å². The van der Waals surface area contributed by atoms with Crippen LogP contribution < -0.4 is 5.32 Å². The Balaban J connectivity index is 1.33. The quantitative estimate of drug-likeness (QED) is 0.367. The Morgan fingerprint density at radius 1 is 1.23 bits per heavy atom. The van der Waals surface area contributed by atoms with Gasteiger partial charge in [0.05, 0.1) is 5.39 Å². The summed E-state index contributed by atoms with van der Waals surface area (Å²) >= 11 is 0.901. The summed E-state index contributed by atoms with van der Waals surface area (Å²) in [4.78, 5) is 24.1. The molecule has 35 heavy (non-hydrogen) atoms. The Hall–Kier alpha value is -4.54. The number of aromatic nitrogens is 1. The second-order valence-corrected chi connectivity index (χ2v) is 8.81. The summed E-state index contributed by atoms with van der Waals surface area (Å²) in [5, 5.41) is 22.0. The van der Waals surface area contributed by atoms with E-state index < -0.39 is 23.6 Å². The van der Waals surface area contributed by atoms with Gasteiger partial charge in [-0.05, 0) is 54.8 Å². The molecule has 174 valence electrons. The standard InChI is InChI=1S/C25H17N3O6S/c1-14(15-5-3-2-4-6-15)32-24(31)27-21-18(28-35-19(21)13-26)8-7-17-11-16-12-20(34-22(16)33-17)25(9-10-25)23(29)30/h2-6,11-12,14H,9-10H2,1H3,(H,27,31)(H,29,30). The highest BCUT2D eigenvalue weighted by Crippen LogP contribution is 2.50. The lowest BCUT2D eigenvalue weighted by atomic mass is 10.0. The van der Waals surface area contributed by atoms with Crippen molar-refractivity contribution in [1.82, 2.24) is 4.37 Å². The van der Waals surface area contributed by atoms with E-state index in [-0.39, 0.29) is 27.8 Å². The zero-order valence-corrected chi connectivity index (χ0v) is 19.1. The van der Waals surface area contributed by atoms with Crippen LogP contribution in [0, 0.1) is 23.2 Å². The van der Waals surface area contributed by atoms with Crippen molar-refractivity contribution in [2.24, 2.45) is 0 Å². The fourth-order valence-corrected chi connectivity index (χ4v) is 4.20. The molecule has 1 amide bonds. The van der Waals surface area contributed by atoms with E-state index in [0.717, 1.165) is 17.1 Å². The number of fused-ring (bicyclic) bond motifs is 1. The molecule has 0 saturated heterocycles. The van der Waals surface area contributed by atoms with Crippen molar-refractivity contribution in [3.8, 4) is 17.9 Å². The van der Waals surface area contributed by atoms with E-state index >= 15 is 0 Å². The van der Waals surface area contributed by atoms with Crippen LogP contribution in [0.3, 0.4) is 0 Å². The Morgan fingerprint density at radius 3 is 2.66 bits per heavy atom. The van der Waals surface area contributed by atoms with Gasteiger partial charge in [-0.25, -0.2) is 4.79 Å². The predicted molar refractivity (Wildman–Crippen MR) is 125 cm³/mol. The van der Waals surface area contributed by atoms with Gasteiger partial charge < -0.3 is 18.7 Å². The van der Waals surface area contributed by atoms with Crippen molar-refractivity contribution in [1.29, 1.82) is 5.26 Å². The smallest absolute Gasteiger partial charge is 0.412 e. The average Bonchev–Trinajstić information content (AvgIpc) is 3.24. The molecule has 1 unspecified atom stereocenters. The number of nitrogens with zero attached hydrogens (tertiary/aromatic N) is 2. The summed E-state index contributed by atoms with van der Waals surface area (Å²) in [6.45, 7) is 1.74. The summed E-state index contributed by atoms with van der Waals surface area (Å²) in [6, 6.07) is 14.5. The number of carbonyl (C=O) groups is 2. The van der Waals surface area contributed by atoms with Crippen LogP contribution in [0.4, 0.5) is 10.5 Å². The number of carbonyl (C=O) groups excluding carboxylic acids is 1. The molecule has 10 heteroatoms. The Labute approximate surface area is 203 Å². The SMILES string of the molecule is CC(OC(=O)Nc1c(C#Cc2cc3cc(C4(C(=O)O)CC4)oc3o2)nsc1C#N)c1ccccc1. The Kier molecular flexibility index (Phi) is 5.51. The molecule has 1 atom stereocenters.